The molecule has 1 heterocycles. The summed E-state index contributed by atoms with van der Waals surface area (Å²) in [6.45, 7) is 5.23. The van der Waals surface area contributed by atoms with Crippen molar-refractivity contribution in [2.75, 3.05) is 13.7 Å². The average molecular weight is 379 g/mol. The molecular weight excluding hydrogens is 358 g/mol. The van der Waals surface area contributed by atoms with E-state index in [2.05, 4.69) is 10.6 Å². The van der Waals surface area contributed by atoms with E-state index in [1.807, 2.05) is 0 Å². The summed E-state index contributed by atoms with van der Waals surface area (Å²) in [5.41, 5.74) is -0.137. The number of hydrogen-bond donors (Lipinski definition) is 3. The van der Waals surface area contributed by atoms with E-state index in [1.165, 1.54) is 7.11 Å². The van der Waals surface area contributed by atoms with E-state index >= 15 is 0 Å². The Morgan fingerprint density at radius 1 is 1.41 bits per heavy atom. The number of carbonyl (C=O) groups excluding carboxylic acids is 2. The number of nitrogens with one attached hydrogen (secondary N) is 2. The summed E-state index contributed by atoms with van der Waals surface area (Å²) >= 11 is 0. The van der Waals surface area contributed by atoms with E-state index in [0.29, 0.717) is 5.70 Å². The molecule has 27 heavy (non-hydrogen) atoms. The number of carbonyl (C=O) groups is 2. The minimum absolute atomic E-state index is 0.0408. The third-order valence-corrected chi connectivity index (χ3v) is 4.01. The quantitative estimate of drug-likeness (QED) is 0.391. The molecule has 1 aromatic carbocycles. The molecule has 0 saturated heterocycles. The average Bonchev–Trinajstić information content (AvgIpc) is 2.60. The van der Waals surface area contributed by atoms with Crippen LogP contribution in [-0.4, -0.2) is 35.7 Å². The highest BCUT2D eigenvalue weighted by Crippen LogP contribution is 2.40. The molecule has 0 saturated carbocycles. The Balaban J connectivity index is 2.75. The maximum Gasteiger partial charge on any atom is 0.338 e. The Labute approximate surface area is 155 Å². The first kappa shape index (κ1) is 20.0. The van der Waals surface area contributed by atoms with E-state index in [9.17, 15) is 24.8 Å². The second-order valence-electron chi connectivity index (χ2n) is 6.07. The van der Waals surface area contributed by atoms with Gasteiger partial charge in [0.1, 0.15) is 0 Å². The fraction of sp³-hybridized carbons (Fsp3) is 0.412. The van der Waals surface area contributed by atoms with Crippen LogP contribution < -0.4 is 15.4 Å². The van der Waals surface area contributed by atoms with Gasteiger partial charge in [-0.25, -0.2) is 9.59 Å². The van der Waals surface area contributed by atoms with Crippen molar-refractivity contribution in [3.05, 3.63) is 39.1 Å². The van der Waals surface area contributed by atoms with Crippen LogP contribution in [0.1, 0.15) is 32.4 Å². The van der Waals surface area contributed by atoms with Crippen LogP contribution in [-0.2, 0) is 9.53 Å². The number of esters is 1. The third kappa shape index (κ3) is 3.94. The van der Waals surface area contributed by atoms with Crippen molar-refractivity contribution in [1.29, 1.82) is 0 Å². The second kappa shape index (κ2) is 7.94. The molecule has 0 aromatic heterocycles. The number of aromatic hydroxyl groups is 1. The largest absolute Gasteiger partial charge is 0.504 e. The van der Waals surface area contributed by atoms with Crippen LogP contribution in [0.4, 0.5) is 10.5 Å². The number of amides is 2. The first-order chi connectivity index (χ1) is 12.7. The van der Waals surface area contributed by atoms with Gasteiger partial charge >= 0.3 is 12.0 Å². The fourth-order valence-corrected chi connectivity index (χ4v) is 2.84. The molecule has 0 aliphatic carbocycles. The van der Waals surface area contributed by atoms with E-state index in [0.717, 1.165) is 12.1 Å². The third-order valence-electron chi connectivity index (χ3n) is 4.01. The predicted molar refractivity (Wildman–Crippen MR) is 94.2 cm³/mol. The van der Waals surface area contributed by atoms with Crippen LogP contribution in [0.25, 0.3) is 0 Å². The lowest BCUT2D eigenvalue weighted by atomic mass is 9.90. The molecule has 2 rings (SSSR count). The lowest BCUT2D eigenvalue weighted by Crippen LogP contribution is -2.47. The van der Waals surface area contributed by atoms with Gasteiger partial charge in [0.15, 0.2) is 11.5 Å². The number of hydrogen-bond acceptors (Lipinski definition) is 7. The number of nitro benzene ring substituents is 1. The smallest absolute Gasteiger partial charge is 0.338 e. The standard InChI is InChI=1S/C17H21N3O7/c1-5-27-16(22)13-14(8(2)3)18-17(23)19-15(13)9-6-11(21)12(26-4)7-10(9)20(24)25/h6-8,15,21H,5H2,1-4H3,(H2,18,19,23). The Bertz CT molecular complexity index is 817. The Morgan fingerprint density at radius 2 is 2.07 bits per heavy atom. The number of allylic oxidation sites excluding steroid dienone is 1. The van der Waals surface area contributed by atoms with Gasteiger partial charge < -0.3 is 25.2 Å². The van der Waals surface area contributed by atoms with E-state index in [4.69, 9.17) is 9.47 Å². The summed E-state index contributed by atoms with van der Waals surface area (Å²) in [4.78, 5) is 35.5. The highest BCUT2D eigenvalue weighted by molar-refractivity contribution is 5.95. The van der Waals surface area contributed by atoms with Gasteiger partial charge in [-0.05, 0) is 18.9 Å². The summed E-state index contributed by atoms with van der Waals surface area (Å²) in [6, 6.07) is 0.343. The van der Waals surface area contributed by atoms with Gasteiger partial charge in [0.05, 0.1) is 41.9 Å². The predicted octanol–water partition coefficient (Wildman–Crippen LogP) is 2.14. The van der Waals surface area contributed by atoms with Crippen molar-refractivity contribution in [2.24, 2.45) is 5.92 Å². The lowest BCUT2D eigenvalue weighted by Gasteiger charge is -2.30. The summed E-state index contributed by atoms with van der Waals surface area (Å²) in [7, 11) is 1.26. The summed E-state index contributed by atoms with van der Waals surface area (Å²) in [5, 5.41) is 26.7. The van der Waals surface area contributed by atoms with Crippen LogP contribution in [0.15, 0.2) is 23.4 Å². The zero-order valence-corrected chi connectivity index (χ0v) is 15.4. The van der Waals surface area contributed by atoms with Crippen molar-refractivity contribution in [2.45, 2.75) is 26.8 Å². The second-order valence-corrected chi connectivity index (χ2v) is 6.07. The summed E-state index contributed by atoms with van der Waals surface area (Å²) in [5.74, 6) is -1.44. The topological polar surface area (TPSA) is 140 Å². The van der Waals surface area contributed by atoms with Crippen LogP contribution >= 0.6 is 0 Å². The molecule has 0 fully saturated rings. The van der Waals surface area contributed by atoms with Crippen LogP contribution in [0.5, 0.6) is 11.5 Å². The number of ether oxygens (including phenoxy) is 2. The van der Waals surface area contributed by atoms with Gasteiger partial charge in [-0.15, -0.1) is 0 Å². The van der Waals surface area contributed by atoms with Crippen molar-refractivity contribution >= 4 is 17.7 Å². The minimum atomic E-state index is -1.17. The lowest BCUT2D eigenvalue weighted by molar-refractivity contribution is -0.385. The molecule has 146 valence electrons. The monoisotopic (exact) mass is 379 g/mol. The van der Waals surface area contributed by atoms with Crippen molar-refractivity contribution < 1.29 is 29.1 Å². The maximum atomic E-state index is 12.6. The number of rotatable bonds is 6. The summed E-state index contributed by atoms with van der Waals surface area (Å²) in [6.07, 6.45) is 0. The maximum absolute atomic E-state index is 12.6. The highest BCUT2D eigenvalue weighted by Gasteiger charge is 2.38. The van der Waals surface area contributed by atoms with Gasteiger partial charge in [0.2, 0.25) is 0 Å². The van der Waals surface area contributed by atoms with Gasteiger partial charge in [-0.1, -0.05) is 13.8 Å². The SMILES string of the molecule is CCOC(=O)C1=C(C(C)C)NC(=O)NC1c1cc(O)c(OC)cc1[N+](=O)[O-]. The normalized spacial score (nSPS) is 16.6. The minimum Gasteiger partial charge on any atom is -0.504 e. The summed E-state index contributed by atoms with van der Waals surface area (Å²) < 4.78 is 9.99. The van der Waals surface area contributed by atoms with Gasteiger partial charge in [-0.2, -0.15) is 0 Å². The molecular formula is C17H21N3O7. The zero-order valence-electron chi connectivity index (χ0n) is 15.4. The molecule has 10 heteroatoms. The van der Waals surface area contributed by atoms with Crippen LogP contribution in [0, 0.1) is 16.0 Å². The molecule has 1 aliphatic rings. The number of phenols is 1. The number of nitro groups is 1. The Morgan fingerprint density at radius 3 is 2.59 bits per heavy atom. The molecule has 2 amide bonds. The molecule has 1 aliphatic heterocycles. The molecule has 1 unspecified atom stereocenters. The molecule has 10 nitrogen and oxygen atoms in total. The van der Waals surface area contributed by atoms with Crippen molar-refractivity contribution in [3.8, 4) is 11.5 Å². The van der Waals surface area contributed by atoms with E-state index in [1.54, 1.807) is 20.8 Å². The fourth-order valence-electron chi connectivity index (χ4n) is 2.84. The van der Waals surface area contributed by atoms with Crippen molar-refractivity contribution in [3.63, 3.8) is 0 Å². The molecule has 0 radical (unpaired) electrons. The highest BCUT2D eigenvalue weighted by atomic mass is 16.6. The number of methoxy groups -OCH3 is 1. The number of phenolic OH excluding ortho intramolecular Hbond substituents is 1. The Hall–Kier alpha value is -3.30. The first-order valence-electron chi connectivity index (χ1n) is 8.25. The molecule has 3 N–H and O–H groups in total. The van der Waals surface area contributed by atoms with Gasteiger partial charge in [0, 0.05) is 5.70 Å². The van der Waals surface area contributed by atoms with E-state index in [-0.39, 0.29) is 35.2 Å². The van der Waals surface area contributed by atoms with Crippen molar-refractivity contribution in [1.82, 2.24) is 10.6 Å². The molecule has 1 aromatic rings. The molecule has 1 atom stereocenters. The molecule has 0 bridgehead atoms. The number of benzene rings is 1. The zero-order chi connectivity index (χ0) is 20.3. The van der Waals surface area contributed by atoms with Gasteiger partial charge in [0.25, 0.3) is 5.69 Å². The first-order valence-corrected chi connectivity index (χ1v) is 8.25. The van der Waals surface area contributed by atoms with E-state index < -0.39 is 28.7 Å². The number of urea groups is 1. The van der Waals surface area contributed by atoms with Gasteiger partial charge in [-0.3, -0.25) is 10.1 Å². The van der Waals surface area contributed by atoms with Crippen LogP contribution in [0.3, 0.4) is 0 Å². The molecule has 0 spiro atoms. The Kier molecular flexibility index (Phi) is 5.88. The number of nitrogens with zero attached hydrogens (tertiary/aromatic N) is 1. The van der Waals surface area contributed by atoms with Crippen LogP contribution in [0.2, 0.25) is 0 Å².